The van der Waals surface area contributed by atoms with E-state index in [1.165, 1.54) is 4.90 Å². The number of likely N-dealkylation sites (tertiary alicyclic amines) is 1. The van der Waals surface area contributed by atoms with Crippen LogP contribution in [-0.4, -0.2) is 41.3 Å². The lowest BCUT2D eigenvalue weighted by atomic mass is 10.2. The topological polar surface area (TPSA) is 75.8 Å². The largest absolute Gasteiger partial charge is 0.445 e. The van der Waals surface area contributed by atoms with Gasteiger partial charge in [-0.1, -0.05) is 30.3 Å². The van der Waals surface area contributed by atoms with E-state index in [2.05, 4.69) is 0 Å². The summed E-state index contributed by atoms with van der Waals surface area (Å²) in [5.41, 5.74) is 6.72. The zero-order valence-electron chi connectivity index (χ0n) is 10.2. The van der Waals surface area contributed by atoms with Gasteiger partial charge in [-0.2, -0.15) is 0 Å². The molecule has 0 bridgehead atoms. The molecule has 0 unspecified atom stereocenters. The molecule has 0 spiro atoms. The highest BCUT2D eigenvalue weighted by Crippen LogP contribution is 2.17. The number of amides is 1. The van der Waals surface area contributed by atoms with Crippen LogP contribution in [0.15, 0.2) is 30.3 Å². The van der Waals surface area contributed by atoms with Crippen LogP contribution in [0.25, 0.3) is 0 Å². The minimum absolute atomic E-state index is 0.0753. The molecule has 5 nitrogen and oxygen atoms in total. The molecule has 3 N–H and O–H groups in total. The zero-order valence-corrected chi connectivity index (χ0v) is 10.2. The minimum atomic E-state index is -0.411. The van der Waals surface area contributed by atoms with E-state index >= 15 is 0 Å². The first-order chi connectivity index (χ1) is 8.70. The molecule has 98 valence electrons. The third-order valence-electron chi connectivity index (χ3n) is 3.10. The average Bonchev–Trinajstić information content (AvgIpc) is 2.78. The van der Waals surface area contributed by atoms with Crippen LogP contribution in [0.1, 0.15) is 12.0 Å². The lowest BCUT2D eigenvalue weighted by molar-refractivity contribution is 0.0794. The normalized spacial score (nSPS) is 23.1. The molecule has 1 fully saturated rings. The molecule has 1 aromatic rings. The molecule has 2 rings (SSSR count). The molecule has 18 heavy (non-hydrogen) atoms. The smallest absolute Gasteiger partial charge is 0.410 e. The van der Waals surface area contributed by atoms with Crippen molar-refractivity contribution in [3.8, 4) is 0 Å². The van der Waals surface area contributed by atoms with Gasteiger partial charge in [-0.3, -0.25) is 0 Å². The van der Waals surface area contributed by atoms with Crippen molar-refractivity contribution in [2.24, 2.45) is 5.73 Å². The van der Waals surface area contributed by atoms with E-state index in [-0.39, 0.29) is 25.3 Å². The molecule has 1 aliphatic rings. The second kappa shape index (κ2) is 5.84. The molecule has 2 atom stereocenters. The van der Waals surface area contributed by atoms with Crippen molar-refractivity contribution in [2.45, 2.75) is 25.1 Å². The van der Waals surface area contributed by atoms with Crippen molar-refractivity contribution in [3.63, 3.8) is 0 Å². The number of aliphatic hydroxyl groups excluding tert-OH is 1. The van der Waals surface area contributed by atoms with Gasteiger partial charge in [0, 0.05) is 12.6 Å². The Kier molecular flexibility index (Phi) is 4.17. The van der Waals surface area contributed by atoms with E-state index in [0.29, 0.717) is 13.0 Å². The van der Waals surface area contributed by atoms with Gasteiger partial charge >= 0.3 is 6.09 Å². The van der Waals surface area contributed by atoms with Crippen LogP contribution in [0.2, 0.25) is 0 Å². The second-order valence-electron chi connectivity index (χ2n) is 4.52. The number of carbonyl (C=O) groups is 1. The first-order valence-electron chi connectivity index (χ1n) is 6.04. The number of rotatable bonds is 3. The van der Waals surface area contributed by atoms with Crippen molar-refractivity contribution in [3.05, 3.63) is 35.9 Å². The molecule has 0 aromatic heterocycles. The summed E-state index contributed by atoms with van der Waals surface area (Å²) in [7, 11) is 0. The van der Waals surface area contributed by atoms with Crippen molar-refractivity contribution in [2.75, 3.05) is 13.2 Å². The number of benzene rings is 1. The summed E-state index contributed by atoms with van der Waals surface area (Å²) in [6.07, 6.45) is 0.211. The number of ether oxygens (including phenoxy) is 1. The Morgan fingerprint density at radius 3 is 2.83 bits per heavy atom. The summed E-state index contributed by atoms with van der Waals surface area (Å²) in [4.78, 5) is 13.4. The molecule has 0 aliphatic carbocycles. The molecular formula is C13H18N2O3. The highest BCUT2D eigenvalue weighted by molar-refractivity contribution is 5.68. The van der Waals surface area contributed by atoms with E-state index in [1.807, 2.05) is 30.3 Å². The van der Waals surface area contributed by atoms with Crippen LogP contribution in [0.4, 0.5) is 4.79 Å². The quantitative estimate of drug-likeness (QED) is 0.828. The maximum atomic E-state index is 11.9. The second-order valence-corrected chi connectivity index (χ2v) is 4.52. The molecule has 1 amide bonds. The molecule has 0 saturated carbocycles. The maximum absolute atomic E-state index is 11.9. The first kappa shape index (κ1) is 12.9. The predicted molar refractivity (Wildman–Crippen MR) is 66.8 cm³/mol. The van der Waals surface area contributed by atoms with Gasteiger partial charge < -0.3 is 20.5 Å². The lowest BCUT2D eigenvalue weighted by Gasteiger charge is -2.22. The fourth-order valence-corrected chi connectivity index (χ4v) is 2.15. The van der Waals surface area contributed by atoms with Crippen molar-refractivity contribution in [1.82, 2.24) is 4.90 Å². The summed E-state index contributed by atoms with van der Waals surface area (Å²) in [6, 6.07) is 9.19. The van der Waals surface area contributed by atoms with Gasteiger partial charge in [0.1, 0.15) is 6.61 Å². The third-order valence-corrected chi connectivity index (χ3v) is 3.10. The minimum Gasteiger partial charge on any atom is -0.445 e. The highest BCUT2D eigenvalue weighted by atomic mass is 16.6. The van der Waals surface area contributed by atoms with Gasteiger partial charge in [-0.25, -0.2) is 4.79 Å². The Morgan fingerprint density at radius 1 is 1.44 bits per heavy atom. The summed E-state index contributed by atoms with van der Waals surface area (Å²) in [5.74, 6) is 0. The van der Waals surface area contributed by atoms with Gasteiger partial charge in [0.25, 0.3) is 0 Å². The van der Waals surface area contributed by atoms with E-state index in [4.69, 9.17) is 10.5 Å². The fourth-order valence-electron chi connectivity index (χ4n) is 2.15. The molecular weight excluding hydrogens is 232 g/mol. The van der Waals surface area contributed by atoms with E-state index < -0.39 is 6.09 Å². The van der Waals surface area contributed by atoms with Gasteiger partial charge in [-0.15, -0.1) is 0 Å². The van der Waals surface area contributed by atoms with Crippen LogP contribution in [0, 0.1) is 0 Å². The zero-order chi connectivity index (χ0) is 13.0. The van der Waals surface area contributed by atoms with Crippen molar-refractivity contribution in [1.29, 1.82) is 0 Å². The highest BCUT2D eigenvalue weighted by Gasteiger charge is 2.33. The molecule has 1 aliphatic heterocycles. The van der Waals surface area contributed by atoms with Gasteiger partial charge in [-0.05, 0) is 12.0 Å². The maximum Gasteiger partial charge on any atom is 0.410 e. The Balaban J connectivity index is 1.88. The number of carbonyl (C=O) groups excluding carboxylic acids is 1. The Morgan fingerprint density at radius 2 is 2.17 bits per heavy atom. The SMILES string of the molecule is N[C@H]1C[C@@H](CO)N(C(=O)OCc2ccccc2)C1. The van der Waals surface area contributed by atoms with Gasteiger partial charge in [0.05, 0.1) is 12.6 Å². The Labute approximate surface area is 106 Å². The lowest BCUT2D eigenvalue weighted by Crippen LogP contribution is -2.38. The number of nitrogens with two attached hydrogens (primary N) is 1. The standard InChI is InChI=1S/C13H18N2O3/c14-11-6-12(8-16)15(7-11)13(17)18-9-10-4-2-1-3-5-10/h1-5,11-12,16H,6-9,14H2/t11-,12-/m0/s1. The molecule has 0 radical (unpaired) electrons. The van der Waals surface area contributed by atoms with Crippen LogP contribution in [0.5, 0.6) is 0 Å². The number of hydrogen-bond donors (Lipinski definition) is 2. The van der Waals surface area contributed by atoms with Crippen LogP contribution < -0.4 is 5.73 Å². The van der Waals surface area contributed by atoms with Crippen molar-refractivity contribution >= 4 is 6.09 Å². The van der Waals surface area contributed by atoms with Crippen LogP contribution in [-0.2, 0) is 11.3 Å². The fraction of sp³-hybridized carbons (Fsp3) is 0.462. The van der Waals surface area contributed by atoms with Crippen LogP contribution >= 0.6 is 0 Å². The Bertz CT molecular complexity index is 396. The number of nitrogens with zero attached hydrogens (tertiary/aromatic N) is 1. The summed E-state index contributed by atoms with van der Waals surface area (Å²) >= 11 is 0. The van der Waals surface area contributed by atoms with E-state index in [0.717, 1.165) is 5.56 Å². The third kappa shape index (κ3) is 3.00. The number of aliphatic hydroxyl groups is 1. The molecule has 1 aromatic carbocycles. The summed E-state index contributed by atoms with van der Waals surface area (Å²) in [6.45, 7) is 0.608. The molecule has 1 saturated heterocycles. The average molecular weight is 250 g/mol. The predicted octanol–water partition coefficient (Wildman–Crippen LogP) is 0.717. The molecule has 5 heteroatoms. The first-order valence-corrected chi connectivity index (χ1v) is 6.04. The number of hydrogen-bond acceptors (Lipinski definition) is 4. The van der Waals surface area contributed by atoms with Crippen LogP contribution in [0.3, 0.4) is 0 Å². The van der Waals surface area contributed by atoms with Gasteiger partial charge in [0.2, 0.25) is 0 Å². The van der Waals surface area contributed by atoms with E-state index in [9.17, 15) is 9.90 Å². The monoisotopic (exact) mass is 250 g/mol. The van der Waals surface area contributed by atoms with E-state index in [1.54, 1.807) is 0 Å². The summed E-state index contributed by atoms with van der Waals surface area (Å²) < 4.78 is 5.21. The Hall–Kier alpha value is -1.59. The van der Waals surface area contributed by atoms with Gasteiger partial charge in [0.15, 0.2) is 0 Å². The summed E-state index contributed by atoms with van der Waals surface area (Å²) in [5, 5.41) is 9.18. The molecule has 1 heterocycles. The van der Waals surface area contributed by atoms with Crippen molar-refractivity contribution < 1.29 is 14.6 Å².